The summed E-state index contributed by atoms with van der Waals surface area (Å²) in [7, 11) is -1.41. The van der Waals surface area contributed by atoms with Crippen molar-refractivity contribution < 1.29 is 32.1 Å². The summed E-state index contributed by atoms with van der Waals surface area (Å²) in [5.41, 5.74) is 28.9. The van der Waals surface area contributed by atoms with Crippen LogP contribution in [0.1, 0.15) is 0 Å². The molecule has 124 heavy (non-hydrogen) atoms. The van der Waals surface area contributed by atoms with E-state index in [2.05, 4.69) is 345 Å². The average molecular weight is 2060 g/mol. The predicted octanol–water partition coefficient (Wildman–Crippen LogP) is 31.3. The molecule has 0 aliphatic heterocycles. The lowest BCUT2D eigenvalue weighted by Crippen LogP contribution is -2.29. The van der Waals surface area contributed by atoms with Crippen LogP contribution < -0.4 is 16.5 Å². The van der Waals surface area contributed by atoms with E-state index in [-0.39, 0.29) is 0 Å². The largest absolute Gasteiger partial charge is 0.488 e. The van der Waals surface area contributed by atoms with Crippen molar-refractivity contribution in [2.24, 2.45) is 0 Å². The minimum Gasteiger partial charge on any atom is -0.454 e. The van der Waals surface area contributed by atoms with Crippen LogP contribution in [0.3, 0.4) is 0 Å². The number of hydrogen-bond donors (Lipinski definition) is 4. The number of nitrogens with zero attached hydrogens (tertiary/aromatic N) is 3. The van der Waals surface area contributed by atoms with Gasteiger partial charge in [-0.2, -0.15) is 0 Å². The van der Waals surface area contributed by atoms with Crippen molar-refractivity contribution in [3.05, 3.63) is 391 Å². The Hall–Kier alpha value is -12.0. The van der Waals surface area contributed by atoms with E-state index in [0.29, 0.717) is 16.2 Å². The van der Waals surface area contributed by atoms with Crippen molar-refractivity contribution in [1.82, 2.24) is 13.7 Å². The molecule has 0 aliphatic rings. The molecule has 0 aliphatic carbocycles. The molecule has 24 rings (SSSR count). The summed E-state index contributed by atoms with van der Waals surface area (Å²) in [6, 6.07) is 127. The third kappa shape index (κ3) is 16.7. The number of aromatic nitrogens is 3. The molecule has 24 aromatic rings. The second kappa shape index (κ2) is 38.0. The van der Waals surface area contributed by atoms with Crippen LogP contribution in [-0.4, -0.2) is 45.7 Å². The quantitative estimate of drug-likeness (QED) is 0.0503. The molecule has 16 aromatic carbocycles. The van der Waals surface area contributed by atoms with Gasteiger partial charge >= 0.3 is 7.12 Å². The van der Waals surface area contributed by atoms with Crippen LogP contribution in [0.25, 0.3) is 182 Å². The van der Waals surface area contributed by atoms with Gasteiger partial charge in [-0.05, 0) is 200 Å². The molecule has 5 N–H and O–H groups in total. The van der Waals surface area contributed by atoms with Crippen molar-refractivity contribution >= 4 is 279 Å². The van der Waals surface area contributed by atoms with Gasteiger partial charge in [-0.15, -0.1) is 0 Å². The van der Waals surface area contributed by atoms with Crippen LogP contribution in [0.15, 0.2) is 403 Å². The maximum atomic E-state index is 8.63. The average Bonchev–Trinajstić information content (AvgIpc) is 1.57. The maximum absolute atomic E-state index is 8.63. The number of nitrogens with two attached hydrogens (primary N) is 1. The monoisotopic (exact) mass is 2060 g/mol. The summed E-state index contributed by atoms with van der Waals surface area (Å²) in [6.45, 7) is 0. The first-order chi connectivity index (χ1) is 61.0. The Morgan fingerprint density at radius 3 is 1.08 bits per heavy atom. The van der Waals surface area contributed by atoms with Gasteiger partial charge in [-0.1, -0.05) is 325 Å². The van der Waals surface area contributed by atoms with Gasteiger partial charge in [0.1, 0.15) is 27.9 Å². The van der Waals surface area contributed by atoms with Crippen LogP contribution >= 0.6 is 107 Å². The number of para-hydroxylation sites is 10. The number of nitrogens with one attached hydrogen (secondary N) is 1. The van der Waals surface area contributed by atoms with Crippen molar-refractivity contribution in [3.8, 4) is 39.3 Å². The summed E-state index contributed by atoms with van der Waals surface area (Å²) >= 11 is 21.6. The Bertz CT molecular complexity index is 7890. The summed E-state index contributed by atoms with van der Waals surface area (Å²) in [4.78, 5) is 5.91. The fourth-order valence-electron chi connectivity index (χ4n) is 16.1. The van der Waals surface area contributed by atoms with Gasteiger partial charge in [-0.25, -0.2) is 0 Å². The third-order valence-electron chi connectivity index (χ3n) is 21.6. The number of benzene rings is 16. The highest BCUT2D eigenvalue weighted by Gasteiger charge is 2.24. The summed E-state index contributed by atoms with van der Waals surface area (Å²) in [5.74, 6) is 0. The Balaban J connectivity index is 0.000000116. The maximum Gasteiger partial charge on any atom is 0.488 e. The molecule has 8 heterocycles. The van der Waals surface area contributed by atoms with Crippen molar-refractivity contribution in [2.45, 2.75) is 0 Å². The van der Waals surface area contributed by atoms with Crippen molar-refractivity contribution in [3.63, 3.8) is 0 Å². The molecule has 8 aromatic heterocycles. The Labute approximate surface area is 773 Å². The molecule has 0 fully saturated rings. The van der Waals surface area contributed by atoms with E-state index < -0.39 is 7.12 Å². The number of halogens is 6. The molecule has 0 saturated heterocycles. The van der Waals surface area contributed by atoms with Gasteiger partial charge in [0.05, 0.1) is 44.1 Å². The smallest absolute Gasteiger partial charge is 0.454 e. The van der Waals surface area contributed by atoms with Crippen LogP contribution in [0.2, 0.25) is 10.0 Å². The molecule has 0 unspecified atom stereocenters. The molecule has 608 valence electrons. The molecular weight excluding hydrogens is 1990 g/mol. The SMILES string of the molecule is Brc1ccc2c(c1)oc1c2c2ccccc2n1-c1ccccc1.CI.CI.CI.Clc1ccc(-c2ccc3c(c2)oc2c3c3ccccc3n2-c2ccccc2)cc1.Nc1cccc2c1oc1ccccc12.OB(O)c1ccc(Cl)cc1.c1ccc(-n2c3ccccc3c3c4ccc(-c5ccc(Nc6cccc7c6oc6ccccc67)cc5)cc4oc32)cc1. The topological polar surface area (TPSA) is 159 Å². The first-order valence-corrected chi connectivity index (χ1v) is 47.7. The lowest BCUT2D eigenvalue weighted by Gasteiger charge is -2.09. The van der Waals surface area contributed by atoms with Crippen molar-refractivity contribution in [2.75, 3.05) is 25.8 Å². The van der Waals surface area contributed by atoms with Gasteiger partial charge in [-0.3, -0.25) is 13.7 Å². The summed E-state index contributed by atoms with van der Waals surface area (Å²) < 4.78 is 38.8. The number of hydrogen-bond acceptors (Lipinski definition) is 9. The van der Waals surface area contributed by atoms with E-state index in [0.717, 1.165) is 181 Å². The molecule has 0 spiro atoms. The van der Waals surface area contributed by atoms with Crippen LogP contribution in [0, 0.1) is 0 Å². The molecule has 0 bridgehead atoms. The zero-order valence-corrected chi connectivity index (χ0v) is 76.6. The number of fused-ring (bicyclic) bond motifs is 21. The first kappa shape index (κ1) is 84.2. The molecule has 0 amide bonds. The molecule has 19 heteroatoms. The first-order valence-electron chi connectivity index (χ1n) is 39.6. The highest BCUT2D eigenvalue weighted by molar-refractivity contribution is 14.1. The van der Waals surface area contributed by atoms with Gasteiger partial charge in [0.2, 0.25) is 17.1 Å². The second-order valence-electron chi connectivity index (χ2n) is 28.7. The summed E-state index contributed by atoms with van der Waals surface area (Å²) in [5, 5.41) is 37.1. The number of anilines is 3. The van der Waals surface area contributed by atoms with E-state index >= 15 is 0 Å². The molecular formula is C105H76BBrCl2I3N5O7. The van der Waals surface area contributed by atoms with Gasteiger partial charge in [0, 0.05) is 91.1 Å². The molecule has 0 atom stereocenters. The van der Waals surface area contributed by atoms with Gasteiger partial charge in [0.15, 0.2) is 11.2 Å². The van der Waals surface area contributed by atoms with Crippen LogP contribution in [-0.2, 0) is 0 Å². The van der Waals surface area contributed by atoms with Gasteiger partial charge in [0.25, 0.3) is 0 Å². The van der Waals surface area contributed by atoms with E-state index in [1.54, 1.807) is 24.3 Å². The molecule has 12 nitrogen and oxygen atoms in total. The van der Waals surface area contributed by atoms with Crippen LogP contribution in [0.4, 0.5) is 17.1 Å². The zero-order chi connectivity index (χ0) is 85.5. The second-order valence-corrected chi connectivity index (χ2v) is 30.5. The Morgan fingerprint density at radius 1 is 0.306 bits per heavy atom. The van der Waals surface area contributed by atoms with Crippen molar-refractivity contribution in [1.29, 1.82) is 0 Å². The number of rotatable bonds is 8. The van der Waals surface area contributed by atoms with E-state index in [1.165, 1.54) is 21.5 Å². The molecule has 0 saturated carbocycles. The summed E-state index contributed by atoms with van der Waals surface area (Å²) in [6.07, 6.45) is 0. The highest BCUT2D eigenvalue weighted by Crippen LogP contribution is 2.45. The number of alkyl halides is 3. The third-order valence-corrected chi connectivity index (χ3v) is 22.6. The minimum atomic E-state index is -1.41. The fraction of sp³-hybridized carbons (Fsp3) is 0.0286. The normalized spacial score (nSPS) is 11.1. The minimum absolute atomic E-state index is 0.449. The standard InChI is InChI=1S/C38H24N2O2.C26H16ClNO.C20H12BrNO.C12H9NO.C6H6BClO2.3CH3I/c1-2-9-27(10-3-1)40-33-15-6-4-12-30(33)36-31-22-19-25(23-35(31)42-38(36)40)24-17-20-26(21-18-24)39-32-14-8-13-29-28-11-5-7-16-34(28)41-37(29)32;27-19-13-10-17(11-14-19)18-12-15-22-24(16-18)29-26-25(22)21-8-4-5-9-23(21)28(26)20-6-2-1-3-7-20;21-13-10-11-16-18(12-13)23-20-19(16)15-8-4-5-9-17(15)22(20)14-6-2-1-3-7-14;13-10-6-3-5-9-8-4-1-2-7-11(8)14-12(9)10;8-6-3-1-5(2-4-6)7(9)10;3*1-2/h1-23,39H;1-16H;1-12H;1-7H,13H2;1-4,9-10H;3*1H3. The lowest BCUT2D eigenvalue weighted by atomic mass is 9.81. The van der Waals surface area contributed by atoms with Crippen LogP contribution in [0.5, 0.6) is 0 Å². The predicted molar refractivity (Wildman–Crippen MR) is 551 cm³/mol. The van der Waals surface area contributed by atoms with E-state index in [4.69, 9.17) is 61.1 Å². The number of nitrogen functional groups attached to an aromatic ring is 1. The van der Waals surface area contributed by atoms with E-state index in [9.17, 15) is 0 Å². The zero-order valence-electron chi connectivity index (χ0n) is 67.0. The number of furan rings is 5. The molecule has 0 radical (unpaired) electrons. The van der Waals surface area contributed by atoms with Gasteiger partial charge < -0.3 is 43.2 Å². The highest BCUT2D eigenvalue weighted by atomic mass is 127. The Kier molecular flexibility index (Phi) is 25.8. The van der Waals surface area contributed by atoms with E-state index in [1.807, 2.05) is 124 Å². The lowest BCUT2D eigenvalue weighted by molar-refractivity contribution is 0.426. The Morgan fingerprint density at radius 2 is 0.645 bits per heavy atom. The fourth-order valence-corrected chi connectivity index (χ4v) is 16.7.